The summed E-state index contributed by atoms with van der Waals surface area (Å²) in [6.07, 6.45) is 2.33. The summed E-state index contributed by atoms with van der Waals surface area (Å²) in [4.78, 5) is 12.2. The molecule has 1 aromatic heterocycles. The van der Waals surface area contributed by atoms with Crippen LogP contribution in [0.4, 0.5) is 0 Å². The maximum atomic E-state index is 12.2. The first-order valence-electron chi connectivity index (χ1n) is 7.18. The summed E-state index contributed by atoms with van der Waals surface area (Å²) in [6, 6.07) is 7.79. The normalized spacial score (nSPS) is 15.0. The van der Waals surface area contributed by atoms with Gasteiger partial charge in [-0.15, -0.1) is 10.2 Å². The Morgan fingerprint density at radius 1 is 1.33 bits per heavy atom. The van der Waals surface area contributed by atoms with Crippen LogP contribution in [0.5, 0.6) is 0 Å². The number of tetrazole rings is 1. The smallest absolute Gasteiger partial charge is 0.226 e. The van der Waals surface area contributed by atoms with Crippen molar-refractivity contribution in [2.45, 2.75) is 33.2 Å². The number of amides is 1. The van der Waals surface area contributed by atoms with E-state index in [-0.39, 0.29) is 11.3 Å². The van der Waals surface area contributed by atoms with Crippen molar-refractivity contribution in [3.05, 3.63) is 29.8 Å². The predicted molar refractivity (Wildman–Crippen MR) is 78.0 cm³/mol. The Hall–Kier alpha value is -2.24. The van der Waals surface area contributed by atoms with E-state index in [2.05, 4.69) is 25.9 Å². The Morgan fingerprint density at radius 2 is 2.05 bits per heavy atom. The number of H-pyrrole nitrogens is 1. The molecule has 6 heteroatoms. The molecule has 0 saturated heterocycles. The molecular formula is C15H19N5O. The van der Waals surface area contributed by atoms with Crippen LogP contribution in [0.1, 0.15) is 32.3 Å². The zero-order chi connectivity index (χ0) is 14.9. The van der Waals surface area contributed by atoms with Crippen molar-refractivity contribution in [2.75, 3.05) is 0 Å². The van der Waals surface area contributed by atoms with Crippen LogP contribution in [0.2, 0.25) is 0 Å². The van der Waals surface area contributed by atoms with E-state index >= 15 is 0 Å². The van der Waals surface area contributed by atoms with Crippen LogP contribution < -0.4 is 5.32 Å². The van der Waals surface area contributed by atoms with Crippen molar-refractivity contribution in [2.24, 2.45) is 11.3 Å². The number of nitrogens with one attached hydrogen (secondary N) is 2. The van der Waals surface area contributed by atoms with Gasteiger partial charge in [0.25, 0.3) is 0 Å². The lowest BCUT2D eigenvalue weighted by molar-refractivity contribution is -0.130. The molecule has 1 fully saturated rings. The Morgan fingerprint density at radius 3 is 2.62 bits per heavy atom. The van der Waals surface area contributed by atoms with E-state index in [1.807, 2.05) is 38.1 Å². The van der Waals surface area contributed by atoms with Crippen LogP contribution in [0.15, 0.2) is 24.3 Å². The molecule has 2 N–H and O–H groups in total. The number of nitrogens with zero attached hydrogens (tertiary/aromatic N) is 3. The topological polar surface area (TPSA) is 83.6 Å². The van der Waals surface area contributed by atoms with E-state index < -0.39 is 0 Å². The van der Waals surface area contributed by atoms with Gasteiger partial charge in [-0.3, -0.25) is 4.79 Å². The highest BCUT2D eigenvalue weighted by Gasteiger charge is 2.42. The molecule has 1 aliphatic carbocycles. The monoisotopic (exact) mass is 285 g/mol. The molecule has 0 spiro atoms. The lowest BCUT2D eigenvalue weighted by atomic mass is 9.86. The van der Waals surface area contributed by atoms with E-state index in [4.69, 9.17) is 0 Å². The van der Waals surface area contributed by atoms with Gasteiger partial charge in [-0.2, -0.15) is 5.21 Å². The lowest BCUT2D eigenvalue weighted by Crippen LogP contribution is -2.37. The lowest BCUT2D eigenvalue weighted by Gasteiger charge is -2.23. The Labute approximate surface area is 123 Å². The summed E-state index contributed by atoms with van der Waals surface area (Å²) < 4.78 is 0. The van der Waals surface area contributed by atoms with Crippen molar-refractivity contribution < 1.29 is 4.79 Å². The minimum absolute atomic E-state index is 0.132. The number of aromatic amines is 1. The van der Waals surface area contributed by atoms with Crippen LogP contribution in [-0.4, -0.2) is 26.5 Å². The molecule has 0 atom stereocenters. The summed E-state index contributed by atoms with van der Waals surface area (Å²) in [5, 5.41) is 16.9. The molecule has 1 amide bonds. The van der Waals surface area contributed by atoms with Gasteiger partial charge in [-0.1, -0.05) is 38.1 Å². The van der Waals surface area contributed by atoms with Crippen LogP contribution in [0, 0.1) is 11.3 Å². The average Bonchev–Trinajstić information content (AvgIpc) is 3.22. The second-order valence-corrected chi connectivity index (χ2v) is 6.11. The van der Waals surface area contributed by atoms with Crippen molar-refractivity contribution >= 4 is 5.91 Å². The summed E-state index contributed by atoms with van der Waals surface area (Å²) >= 11 is 0. The van der Waals surface area contributed by atoms with Crippen LogP contribution >= 0.6 is 0 Å². The van der Waals surface area contributed by atoms with Gasteiger partial charge in [0.2, 0.25) is 11.7 Å². The third kappa shape index (κ3) is 2.94. The number of hydrogen-bond donors (Lipinski definition) is 2. The molecule has 1 aliphatic rings. The summed E-state index contributed by atoms with van der Waals surface area (Å²) in [5.41, 5.74) is 1.70. The van der Waals surface area contributed by atoms with Crippen molar-refractivity contribution in [1.29, 1.82) is 0 Å². The van der Waals surface area contributed by atoms with Crippen LogP contribution in [0.3, 0.4) is 0 Å². The molecule has 2 aromatic rings. The Bertz CT molecular complexity index is 614. The second-order valence-electron chi connectivity index (χ2n) is 6.11. The molecule has 1 saturated carbocycles. The molecule has 1 heterocycles. The van der Waals surface area contributed by atoms with Gasteiger partial charge < -0.3 is 5.32 Å². The first-order valence-corrected chi connectivity index (χ1v) is 7.18. The van der Waals surface area contributed by atoms with Gasteiger partial charge in [0.1, 0.15) is 0 Å². The van der Waals surface area contributed by atoms with E-state index in [0.717, 1.165) is 11.1 Å². The number of carbonyl (C=O) groups is 1. The summed E-state index contributed by atoms with van der Waals surface area (Å²) in [7, 11) is 0. The predicted octanol–water partition coefficient (Wildman–Crippen LogP) is 1.92. The maximum Gasteiger partial charge on any atom is 0.226 e. The molecule has 3 rings (SSSR count). The molecule has 1 aromatic carbocycles. The molecule has 0 radical (unpaired) electrons. The molecule has 0 bridgehead atoms. The van der Waals surface area contributed by atoms with E-state index in [1.54, 1.807) is 0 Å². The molecular weight excluding hydrogens is 266 g/mol. The highest BCUT2D eigenvalue weighted by molar-refractivity contribution is 5.82. The minimum atomic E-state index is -0.259. The first kappa shape index (κ1) is 13.7. The maximum absolute atomic E-state index is 12.2. The van der Waals surface area contributed by atoms with Gasteiger partial charge in [-0.25, -0.2) is 0 Å². The Balaban J connectivity index is 1.59. The number of carbonyl (C=O) groups excluding carboxylic acids is 1. The molecule has 0 aliphatic heterocycles. The van der Waals surface area contributed by atoms with E-state index in [9.17, 15) is 4.79 Å². The Kier molecular flexibility index (Phi) is 3.45. The standard InChI is InChI=1S/C15H19N5O/c1-15(2,12-7-8-12)14(21)16-9-10-3-5-11(6-4-10)13-17-19-20-18-13/h3-6,12H,7-9H2,1-2H3,(H,16,21)(H,17,18,19,20). The summed E-state index contributed by atoms with van der Waals surface area (Å²) in [6.45, 7) is 4.60. The number of rotatable bonds is 5. The number of hydrogen-bond acceptors (Lipinski definition) is 4. The molecule has 0 unspecified atom stereocenters. The van der Waals surface area contributed by atoms with Gasteiger partial charge in [0.05, 0.1) is 0 Å². The fourth-order valence-corrected chi connectivity index (χ4v) is 2.46. The van der Waals surface area contributed by atoms with Gasteiger partial charge in [0.15, 0.2) is 0 Å². The minimum Gasteiger partial charge on any atom is -0.352 e. The largest absolute Gasteiger partial charge is 0.352 e. The zero-order valence-electron chi connectivity index (χ0n) is 12.3. The third-order valence-electron chi connectivity index (χ3n) is 4.19. The highest BCUT2D eigenvalue weighted by atomic mass is 16.2. The van der Waals surface area contributed by atoms with Gasteiger partial charge in [-0.05, 0) is 29.5 Å². The average molecular weight is 285 g/mol. The third-order valence-corrected chi connectivity index (χ3v) is 4.19. The fraction of sp³-hybridized carbons (Fsp3) is 0.467. The molecule has 6 nitrogen and oxygen atoms in total. The molecule has 110 valence electrons. The molecule has 21 heavy (non-hydrogen) atoms. The van der Waals surface area contributed by atoms with Gasteiger partial charge in [0, 0.05) is 17.5 Å². The van der Waals surface area contributed by atoms with Crippen LogP contribution in [-0.2, 0) is 11.3 Å². The van der Waals surface area contributed by atoms with Crippen LogP contribution in [0.25, 0.3) is 11.4 Å². The quantitative estimate of drug-likeness (QED) is 0.879. The first-order chi connectivity index (χ1) is 10.1. The summed E-state index contributed by atoms with van der Waals surface area (Å²) in [5.74, 6) is 1.24. The fourth-order valence-electron chi connectivity index (χ4n) is 2.46. The van der Waals surface area contributed by atoms with E-state index in [0.29, 0.717) is 18.3 Å². The second kappa shape index (κ2) is 5.27. The SMILES string of the molecule is CC(C)(C(=O)NCc1ccc(-c2nn[nH]n2)cc1)C1CC1. The van der Waals surface area contributed by atoms with Gasteiger partial charge >= 0.3 is 0 Å². The number of aromatic nitrogens is 4. The van der Waals surface area contributed by atoms with Crippen molar-refractivity contribution in [1.82, 2.24) is 25.9 Å². The highest BCUT2D eigenvalue weighted by Crippen LogP contribution is 2.45. The van der Waals surface area contributed by atoms with Crippen molar-refractivity contribution in [3.8, 4) is 11.4 Å². The van der Waals surface area contributed by atoms with Crippen molar-refractivity contribution in [3.63, 3.8) is 0 Å². The van der Waals surface area contributed by atoms with E-state index in [1.165, 1.54) is 12.8 Å². The number of benzene rings is 1. The zero-order valence-corrected chi connectivity index (χ0v) is 12.3.